The number of H-pyrrole nitrogens is 1. The summed E-state index contributed by atoms with van der Waals surface area (Å²) in [5.74, 6) is -0.0700. The zero-order valence-corrected chi connectivity index (χ0v) is 21.0. The van der Waals surface area contributed by atoms with E-state index in [9.17, 15) is 26.4 Å². The minimum atomic E-state index is -4.36. The second-order valence-corrected chi connectivity index (χ2v) is 13.1. The third-order valence-corrected chi connectivity index (χ3v) is 10.3. The Hall–Kier alpha value is -2.67. The van der Waals surface area contributed by atoms with Gasteiger partial charge < -0.3 is 14.8 Å². The Morgan fingerprint density at radius 3 is 2.41 bits per heavy atom. The maximum Gasteiger partial charge on any atom is 0.394 e. The van der Waals surface area contributed by atoms with Gasteiger partial charge in [0.25, 0.3) is 0 Å². The van der Waals surface area contributed by atoms with Crippen molar-refractivity contribution in [3.8, 4) is 0 Å². The summed E-state index contributed by atoms with van der Waals surface area (Å²) in [6, 6.07) is 6.59. The van der Waals surface area contributed by atoms with Gasteiger partial charge in [0.15, 0.2) is 0 Å². The van der Waals surface area contributed by atoms with Gasteiger partial charge in [0.05, 0.1) is 10.8 Å². The van der Waals surface area contributed by atoms with E-state index in [0.29, 0.717) is 12.5 Å². The van der Waals surface area contributed by atoms with Crippen LogP contribution in [-0.2, 0) is 16.4 Å². The average Bonchev–Trinajstić information content (AvgIpc) is 3.44. The maximum atomic E-state index is 12.9. The second-order valence-electron chi connectivity index (χ2n) is 11.1. The van der Waals surface area contributed by atoms with E-state index in [0.717, 1.165) is 61.0 Å². The van der Waals surface area contributed by atoms with Crippen molar-refractivity contribution in [1.29, 1.82) is 0 Å². The zero-order chi connectivity index (χ0) is 26.0. The predicted octanol–water partition coefficient (Wildman–Crippen LogP) is 2.85. The third kappa shape index (κ3) is 4.49. The number of aromatic amines is 1. The molecule has 4 aliphatic rings. The molecule has 9 nitrogen and oxygen atoms in total. The number of carbonyl (C=O) groups excluding carboxylic acids is 1. The molecule has 1 N–H and O–H groups in total. The van der Waals surface area contributed by atoms with Gasteiger partial charge in [0.1, 0.15) is 12.2 Å². The van der Waals surface area contributed by atoms with Crippen molar-refractivity contribution < 1.29 is 26.4 Å². The first-order valence-corrected chi connectivity index (χ1v) is 14.0. The lowest BCUT2D eigenvalue weighted by Gasteiger charge is -2.59. The molecule has 3 aliphatic heterocycles. The number of hydrogen-bond donors (Lipinski definition) is 1. The van der Waals surface area contributed by atoms with Crippen molar-refractivity contribution in [1.82, 2.24) is 29.3 Å². The van der Waals surface area contributed by atoms with Gasteiger partial charge in [0.2, 0.25) is 10.0 Å². The number of nitrogens with zero attached hydrogens (tertiary/aromatic N) is 5. The number of urea groups is 1. The number of likely N-dealkylation sites (tertiary alicyclic amines) is 2. The summed E-state index contributed by atoms with van der Waals surface area (Å²) in [6.07, 6.45) is 0.963. The van der Waals surface area contributed by atoms with E-state index in [2.05, 4.69) is 15.2 Å². The van der Waals surface area contributed by atoms with Crippen LogP contribution in [0.15, 0.2) is 35.5 Å². The minimum absolute atomic E-state index is 0.0302. The molecule has 1 spiro atoms. The van der Waals surface area contributed by atoms with Crippen LogP contribution in [0.4, 0.5) is 18.0 Å². The van der Waals surface area contributed by atoms with E-state index < -0.39 is 35.2 Å². The summed E-state index contributed by atoms with van der Waals surface area (Å²) in [6.45, 7) is 1.90. The van der Waals surface area contributed by atoms with Crippen molar-refractivity contribution in [2.24, 2.45) is 17.3 Å². The number of alkyl halides is 3. The van der Waals surface area contributed by atoms with E-state index in [1.54, 1.807) is 18.5 Å². The average molecular weight is 539 g/mol. The van der Waals surface area contributed by atoms with E-state index in [1.807, 2.05) is 9.80 Å². The predicted molar refractivity (Wildman–Crippen MR) is 126 cm³/mol. The molecule has 37 heavy (non-hydrogen) atoms. The summed E-state index contributed by atoms with van der Waals surface area (Å²) in [4.78, 5) is 19.8. The first kappa shape index (κ1) is 24.7. The van der Waals surface area contributed by atoms with Crippen LogP contribution < -0.4 is 0 Å². The lowest BCUT2D eigenvalue weighted by Crippen LogP contribution is -2.65. The fourth-order valence-corrected chi connectivity index (χ4v) is 7.89. The van der Waals surface area contributed by atoms with Crippen molar-refractivity contribution >= 4 is 16.1 Å². The van der Waals surface area contributed by atoms with Crippen molar-refractivity contribution in [3.63, 3.8) is 0 Å². The highest BCUT2D eigenvalue weighted by atomic mass is 32.2. The van der Waals surface area contributed by atoms with Gasteiger partial charge in [-0.2, -0.15) is 17.5 Å². The van der Waals surface area contributed by atoms with Crippen molar-refractivity contribution in [2.45, 2.75) is 42.7 Å². The molecule has 2 aromatic rings. The van der Waals surface area contributed by atoms with Crippen LogP contribution in [0.25, 0.3) is 0 Å². The lowest BCUT2D eigenvalue weighted by molar-refractivity contribution is -0.198. The van der Waals surface area contributed by atoms with E-state index >= 15 is 0 Å². The third-order valence-electron chi connectivity index (χ3n) is 8.44. The fraction of sp³-hybridized carbons (Fsp3) is 0.625. The molecule has 4 heterocycles. The molecule has 1 aliphatic carbocycles. The van der Waals surface area contributed by atoms with Gasteiger partial charge in [-0.05, 0) is 49.3 Å². The summed E-state index contributed by atoms with van der Waals surface area (Å²) in [7, 11) is -3.90. The Labute approximate surface area is 213 Å². The molecule has 1 atom stereocenters. The highest BCUT2D eigenvalue weighted by molar-refractivity contribution is 7.89. The first-order valence-electron chi connectivity index (χ1n) is 12.6. The quantitative estimate of drug-likeness (QED) is 0.631. The number of hydrogen-bond acceptors (Lipinski definition) is 5. The van der Waals surface area contributed by atoms with Crippen LogP contribution in [0.3, 0.4) is 0 Å². The largest absolute Gasteiger partial charge is 0.394 e. The highest BCUT2D eigenvalue weighted by Crippen LogP contribution is 2.53. The maximum absolute atomic E-state index is 12.9. The lowest BCUT2D eigenvalue weighted by atomic mass is 9.56. The molecular formula is C24H29F3N6O3S. The van der Waals surface area contributed by atoms with Crippen LogP contribution >= 0.6 is 0 Å². The number of rotatable bonds is 5. The Morgan fingerprint density at radius 1 is 1.08 bits per heavy atom. The Morgan fingerprint density at radius 2 is 1.78 bits per heavy atom. The summed E-state index contributed by atoms with van der Waals surface area (Å²) < 4.78 is 64.2. The number of benzene rings is 1. The Kier molecular flexibility index (Phi) is 5.79. The smallest absolute Gasteiger partial charge is 0.331 e. The van der Waals surface area contributed by atoms with E-state index in [4.69, 9.17) is 0 Å². The van der Waals surface area contributed by atoms with Crippen LogP contribution in [0.2, 0.25) is 0 Å². The standard InChI is InChI=1S/C24H29F3N6O3S/c25-24(26,27)19-11-33(12-19)37(35,36)20-3-1-16(2-4-20)7-17-8-23(9-17)13-32(14-23)22(34)31-6-5-18(10-31)21-28-15-29-30-21/h1-4,15,17-19H,5-14H2,(H,28,29,30)/t18-/m0/s1. The summed E-state index contributed by atoms with van der Waals surface area (Å²) in [5.41, 5.74) is 1.21. The van der Waals surface area contributed by atoms with E-state index in [-0.39, 0.29) is 22.3 Å². The van der Waals surface area contributed by atoms with Crippen LogP contribution in [0.1, 0.15) is 36.6 Å². The normalized spacial score (nSPS) is 24.7. The van der Waals surface area contributed by atoms with Gasteiger partial charge in [-0.1, -0.05) is 12.1 Å². The molecule has 1 aromatic heterocycles. The highest BCUT2D eigenvalue weighted by Gasteiger charge is 2.54. The molecule has 2 amide bonds. The van der Waals surface area contributed by atoms with Crippen molar-refractivity contribution in [3.05, 3.63) is 42.0 Å². The summed E-state index contributed by atoms with van der Waals surface area (Å²) >= 11 is 0. The fourth-order valence-electron chi connectivity index (χ4n) is 6.36. The van der Waals surface area contributed by atoms with Gasteiger partial charge in [-0.15, -0.1) is 10.2 Å². The molecule has 0 unspecified atom stereocenters. The Balaban J connectivity index is 0.954. The SMILES string of the molecule is O=C(N1CC[C@H](c2nnc[nH]2)C1)N1CC2(CC(Cc3ccc(S(=O)(=O)N4CC(C(F)(F)F)C4)cc3)C2)C1. The van der Waals surface area contributed by atoms with E-state index in [1.165, 1.54) is 12.1 Å². The van der Waals surface area contributed by atoms with Crippen LogP contribution in [0.5, 0.6) is 0 Å². The molecule has 0 bridgehead atoms. The molecule has 1 aromatic carbocycles. The zero-order valence-electron chi connectivity index (χ0n) is 20.2. The topological polar surface area (TPSA) is 102 Å². The monoisotopic (exact) mass is 538 g/mol. The molecule has 13 heteroatoms. The molecule has 0 radical (unpaired) electrons. The summed E-state index contributed by atoms with van der Waals surface area (Å²) in [5, 5.41) is 7.90. The number of aromatic nitrogens is 3. The van der Waals surface area contributed by atoms with Crippen LogP contribution in [-0.4, -0.2) is 89.2 Å². The molecule has 6 rings (SSSR count). The van der Waals surface area contributed by atoms with Crippen LogP contribution in [0, 0.1) is 17.3 Å². The minimum Gasteiger partial charge on any atom is -0.331 e. The molecule has 1 saturated carbocycles. The number of amides is 2. The van der Waals surface area contributed by atoms with Gasteiger partial charge >= 0.3 is 12.2 Å². The number of sulfonamides is 1. The number of carbonyl (C=O) groups is 1. The molecular weight excluding hydrogens is 509 g/mol. The molecule has 3 saturated heterocycles. The van der Waals surface area contributed by atoms with Crippen molar-refractivity contribution in [2.75, 3.05) is 39.3 Å². The number of halogens is 3. The first-order chi connectivity index (χ1) is 17.5. The van der Waals surface area contributed by atoms with Gasteiger partial charge in [-0.25, -0.2) is 13.2 Å². The number of nitrogens with one attached hydrogen (secondary N) is 1. The van der Waals surface area contributed by atoms with Gasteiger partial charge in [-0.3, -0.25) is 0 Å². The molecule has 4 fully saturated rings. The van der Waals surface area contributed by atoms with Gasteiger partial charge in [0, 0.05) is 50.6 Å². The molecule has 200 valence electrons. The Bertz CT molecular complexity index is 1250. The second kappa shape index (κ2) is 8.69.